The largest absolute Gasteiger partial charge is 0.504 e. The van der Waals surface area contributed by atoms with Crippen LogP contribution in [0.3, 0.4) is 0 Å². The molecule has 0 radical (unpaired) electrons. The smallest absolute Gasteiger partial charge is 0.260 e. The summed E-state index contributed by atoms with van der Waals surface area (Å²) in [6.07, 6.45) is 2.28. The van der Waals surface area contributed by atoms with Crippen LogP contribution >= 0.6 is 22.9 Å². The summed E-state index contributed by atoms with van der Waals surface area (Å²) in [5.41, 5.74) is 3.19. The molecule has 9 nitrogen and oxygen atoms in total. The van der Waals surface area contributed by atoms with Gasteiger partial charge in [0.2, 0.25) is 11.8 Å². The number of rotatable bonds is 8. The van der Waals surface area contributed by atoms with E-state index in [-0.39, 0.29) is 49.3 Å². The van der Waals surface area contributed by atoms with Gasteiger partial charge in [0, 0.05) is 21.4 Å². The van der Waals surface area contributed by atoms with Crippen molar-refractivity contribution in [2.75, 3.05) is 12.0 Å². The van der Waals surface area contributed by atoms with Crippen molar-refractivity contribution in [3.05, 3.63) is 123 Å². The lowest BCUT2D eigenvalue weighted by molar-refractivity contribution is -0.141. The number of carbonyl (C=O) groups is 4. The summed E-state index contributed by atoms with van der Waals surface area (Å²) in [5, 5.41) is 15.2. The molecule has 1 saturated carbocycles. The Morgan fingerprint density at radius 2 is 1.73 bits per heavy atom. The van der Waals surface area contributed by atoms with Gasteiger partial charge in [-0.1, -0.05) is 53.6 Å². The molecule has 4 amide bonds. The van der Waals surface area contributed by atoms with Crippen molar-refractivity contribution in [2.45, 2.75) is 37.6 Å². The molecule has 2 N–H and O–H groups in total. The topological polar surface area (TPSA) is 116 Å². The number of imide groups is 2. The quantitative estimate of drug-likeness (QED) is 0.151. The van der Waals surface area contributed by atoms with Crippen molar-refractivity contribution in [3.63, 3.8) is 0 Å². The lowest BCUT2D eigenvalue weighted by atomic mass is 9.49. The summed E-state index contributed by atoms with van der Waals surface area (Å²) < 4.78 is 19.7. The number of hydrogen-bond acceptors (Lipinski definition) is 8. The first kappa shape index (κ1) is 33.2. The number of fused-ring (bicyclic) bond motifs is 4. The van der Waals surface area contributed by atoms with Gasteiger partial charge in [0.15, 0.2) is 11.5 Å². The van der Waals surface area contributed by atoms with Crippen LogP contribution in [-0.4, -0.2) is 45.3 Å². The predicted molar refractivity (Wildman–Crippen MR) is 188 cm³/mol. The number of carbonyl (C=O) groups excluding carboxylic acids is 4. The van der Waals surface area contributed by atoms with Gasteiger partial charge in [-0.15, -0.1) is 11.3 Å². The number of nitrogens with one attached hydrogen (secondary N) is 1. The average molecular weight is 726 g/mol. The summed E-state index contributed by atoms with van der Waals surface area (Å²) in [7, 11) is 0. The molecule has 1 aromatic heterocycles. The highest BCUT2D eigenvalue weighted by molar-refractivity contribution is 7.09. The van der Waals surface area contributed by atoms with Crippen molar-refractivity contribution < 1.29 is 33.4 Å². The molecule has 2 aliphatic heterocycles. The minimum Gasteiger partial charge on any atom is -0.504 e. The van der Waals surface area contributed by atoms with E-state index >= 15 is 4.79 Å². The highest BCUT2D eigenvalue weighted by Gasteiger charge is 2.70. The molecule has 4 aromatic rings. The summed E-state index contributed by atoms with van der Waals surface area (Å²) in [6.45, 7) is 2.22. The second kappa shape index (κ2) is 12.6. The van der Waals surface area contributed by atoms with Gasteiger partial charge in [-0.05, 0) is 85.2 Å². The molecule has 51 heavy (non-hydrogen) atoms. The fourth-order valence-corrected chi connectivity index (χ4v) is 9.64. The van der Waals surface area contributed by atoms with Gasteiger partial charge in [0.1, 0.15) is 5.82 Å². The van der Waals surface area contributed by atoms with Crippen molar-refractivity contribution in [3.8, 4) is 11.5 Å². The number of benzene rings is 3. The maximum absolute atomic E-state index is 15.3. The number of likely N-dealkylation sites (tertiary alicyclic amines) is 1. The predicted octanol–water partition coefficient (Wildman–Crippen LogP) is 6.83. The normalized spacial score (nSPS) is 26.9. The van der Waals surface area contributed by atoms with E-state index in [0.29, 0.717) is 27.4 Å². The van der Waals surface area contributed by atoms with Crippen LogP contribution in [0.2, 0.25) is 5.02 Å². The Labute approximate surface area is 302 Å². The number of hydrazine groups is 1. The number of amides is 4. The number of phenols is 1. The first-order valence-electron chi connectivity index (χ1n) is 16.8. The monoisotopic (exact) mass is 725 g/mol. The van der Waals surface area contributed by atoms with E-state index in [0.717, 1.165) is 9.89 Å². The zero-order valence-electron chi connectivity index (χ0n) is 27.4. The Morgan fingerprint density at radius 3 is 2.43 bits per heavy atom. The molecule has 3 heterocycles. The fraction of sp³-hybridized carbons (Fsp3) is 0.282. The van der Waals surface area contributed by atoms with Crippen LogP contribution in [-0.2, 0) is 31.1 Å². The molecule has 2 aliphatic carbocycles. The Bertz CT molecular complexity index is 2090. The number of hydrogen-bond donors (Lipinski definition) is 2. The van der Waals surface area contributed by atoms with Crippen molar-refractivity contribution in [1.29, 1.82) is 0 Å². The summed E-state index contributed by atoms with van der Waals surface area (Å²) in [6, 6.07) is 20.9. The van der Waals surface area contributed by atoms with Gasteiger partial charge in [-0.3, -0.25) is 29.5 Å². The maximum Gasteiger partial charge on any atom is 0.260 e. The Balaban J connectivity index is 1.33. The van der Waals surface area contributed by atoms with Gasteiger partial charge >= 0.3 is 0 Å². The number of phenolic OH excluding ortho intramolecular Hbond substituents is 1. The van der Waals surface area contributed by atoms with Crippen LogP contribution in [0.4, 0.5) is 10.1 Å². The summed E-state index contributed by atoms with van der Waals surface area (Å²) >= 11 is 7.82. The third-order valence-electron chi connectivity index (χ3n) is 10.9. The summed E-state index contributed by atoms with van der Waals surface area (Å²) in [5.74, 6) is -6.11. The molecule has 0 spiro atoms. The highest BCUT2D eigenvalue weighted by atomic mass is 35.5. The first-order valence-corrected chi connectivity index (χ1v) is 18.1. The number of halogens is 2. The Morgan fingerprint density at radius 1 is 0.961 bits per heavy atom. The van der Waals surface area contributed by atoms with Crippen molar-refractivity contribution in [1.82, 2.24) is 9.91 Å². The minimum atomic E-state index is -1.62. The van der Waals surface area contributed by atoms with Crippen molar-refractivity contribution >= 4 is 52.3 Å². The minimum absolute atomic E-state index is 0.0933. The highest BCUT2D eigenvalue weighted by Crippen LogP contribution is 2.65. The van der Waals surface area contributed by atoms with Crippen LogP contribution < -0.4 is 10.2 Å². The zero-order chi connectivity index (χ0) is 35.6. The second-order valence-electron chi connectivity index (χ2n) is 13.3. The third-order valence-corrected chi connectivity index (χ3v) is 12.0. The molecule has 3 aromatic carbocycles. The molecular weight excluding hydrogens is 693 g/mol. The lowest BCUT2D eigenvalue weighted by Gasteiger charge is -2.50. The van der Waals surface area contributed by atoms with Gasteiger partial charge in [0.05, 0.1) is 42.0 Å². The SMILES string of the molecule is CCOc1cccc(C2C3=CCC4C(=O)N(Cc5cccs5)C(=O)C4C3CC3C(=O)N(Nc4ccc(F)cc4)C(=O)C32c2ccc(Cl)cc2)c1O. The van der Waals surface area contributed by atoms with E-state index < -0.39 is 52.6 Å². The molecular formula is C39H33ClFN3O6S. The Hall–Kier alpha value is -5.00. The van der Waals surface area contributed by atoms with E-state index in [4.69, 9.17) is 16.3 Å². The fourth-order valence-electron chi connectivity index (χ4n) is 8.82. The number of para-hydroxylation sites is 1. The Kier molecular flexibility index (Phi) is 8.22. The number of anilines is 1. The lowest BCUT2D eigenvalue weighted by Crippen LogP contribution is -2.53. The van der Waals surface area contributed by atoms with E-state index in [1.807, 2.05) is 23.6 Å². The molecule has 8 rings (SSSR count). The van der Waals surface area contributed by atoms with Crippen molar-refractivity contribution in [2.24, 2.45) is 23.7 Å². The molecule has 6 unspecified atom stereocenters. The second-order valence-corrected chi connectivity index (χ2v) is 14.8. The van der Waals surface area contributed by atoms with Crippen LogP contribution in [0.1, 0.15) is 41.7 Å². The van der Waals surface area contributed by atoms with E-state index in [1.165, 1.54) is 40.5 Å². The first-order chi connectivity index (χ1) is 24.6. The van der Waals surface area contributed by atoms with Crippen LogP contribution in [0.5, 0.6) is 11.5 Å². The van der Waals surface area contributed by atoms with Gasteiger partial charge in [-0.2, -0.15) is 5.01 Å². The van der Waals surface area contributed by atoms with Crippen LogP contribution in [0.25, 0.3) is 0 Å². The van der Waals surface area contributed by atoms with Crippen LogP contribution in [0.15, 0.2) is 95.9 Å². The molecule has 6 atom stereocenters. The number of allylic oxidation sites excluding steroid dienone is 2. The maximum atomic E-state index is 15.3. The molecule has 3 fully saturated rings. The molecule has 2 saturated heterocycles. The van der Waals surface area contributed by atoms with Gasteiger partial charge in [0.25, 0.3) is 11.8 Å². The van der Waals surface area contributed by atoms with E-state index in [2.05, 4.69) is 5.43 Å². The molecule has 0 bridgehead atoms. The molecule has 260 valence electrons. The number of thiophene rings is 1. The number of ether oxygens (including phenoxy) is 1. The summed E-state index contributed by atoms with van der Waals surface area (Å²) in [4.78, 5) is 60.4. The number of nitrogens with zero attached hydrogens (tertiary/aromatic N) is 2. The van der Waals surface area contributed by atoms with E-state index in [1.54, 1.807) is 49.4 Å². The van der Waals surface area contributed by atoms with Gasteiger partial charge in [-0.25, -0.2) is 4.39 Å². The third kappa shape index (κ3) is 5.08. The number of aromatic hydroxyl groups is 1. The van der Waals surface area contributed by atoms with Crippen LogP contribution in [0, 0.1) is 29.5 Å². The molecule has 4 aliphatic rings. The molecule has 12 heteroatoms. The van der Waals surface area contributed by atoms with E-state index in [9.17, 15) is 23.9 Å². The standard InChI is InChI=1S/C39H33ClFN3O6S/c1-2-50-31-7-3-6-28(34(31)45)33-26-16-17-27-32(37(48)43(35(27)46)20-25-5-4-18-51-25)29(26)19-30-36(47)44(42-24-14-12-23(41)13-15-24)38(49)39(30,33)21-8-10-22(40)11-9-21/h3-16,18,27,29-30,32-33,42,45H,2,17,19-20H2,1H3. The average Bonchev–Trinajstić information content (AvgIpc) is 3.79. The zero-order valence-corrected chi connectivity index (χ0v) is 29.0. The van der Waals surface area contributed by atoms with Gasteiger partial charge < -0.3 is 9.84 Å².